The Balaban J connectivity index is 2.14. The lowest BCUT2D eigenvalue weighted by Crippen LogP contribution is -2.27. The zero-order valence-electron chi connectivity index (χ0n) is 11.3. The second kappa shape index (κ2) is 6.37. The summed E-state index contributed by atoms with van der Waals surface area (Å²) in [5.41, 5.74) is -0.0738. The van der Waals surface area contributed by atoms with E-state index in [2.05, 4.69) is 5.32 Å². The van der Waals surface area contributed by atoms with Gasteiger partial charge < -0.3 is 10.1 Å². The van der Waals surface area contributed by atoms with E-state index < -0.39 is 25.5 Å². The number of nitrogens with zero attached hydrogens (tertiary/aromatic N) is 1. The Morgan fingerprint density at radius 3 is 2.76 bits per heavy atom. The number of nitrogens with two attached hydrogens (primary N) is 1. The molecule has 1 heterocycles. The number of anilines is 1. The molecule has 0 amide bonds. The molecule has 0 spiro atoms. The second-order valence-corrected chi connectivity index (χ2v) is 6.38. The third-order valence-corrected chi connectivity index (χ3v) is 4.23. The molecule has 0 aromatic heterocycles. The van der Waals surface area contributed by atoms with Crippen molar-refractivity contribution in [3.8, 4) is 0 Å². The van der Waals surface area contributed by atoms with E-state index in [9.17, 15) is 18.5 Å². The minimum Gasteiger partial charge on any atom is -0.382 e. The van der Waals surface area contributed by atoms with Crippen LogP contribution in [0.1, 0.15) is 19.3 Å². The summed E-state index contributed by atoms with van der Waals surface area (Å²) in [5, 5.41) is 18.9. The zero-order valence-corrected chi connectivity index (χ0v) is 12.1. The molecule has 0 aliphatic carbocycles. The van der Waals surface area contributed by atoms with Gasteiger partial charge in [-0.3, -0.25) is 10.1 Å². The summed E-state index contributed by atoms with van der Waals surface area (Å²) in [6, 6.07) is 3.76. The fourth-order valence-electron chi connectivity index (χ4n) is 2.21. The van der Waals surface area contributed by atoms with Gasteiger partial charge >= 0.3 is 0 Å². The van der Waals surface area contributed by atoms with E-state index in [1.165, 1.54) is 12.1 Å². The molecule has 8 nitrogen and oxygen atoms in total. The first-order chi connectivity index (χ1) is 9.88. The normalized spacial score (nSPS) is 19.2. The van der Waals surface area contributed by atoms with E-state index in [1.54, 1.807) is 0 Å². The Morgan fingerprint density at radius 1 is 1.43 bits per heavy atom. The van der Waals surface area contributed by atoms with Gasteiger partial charge in [0, 0.05) is 24.9 Å². The van der Waals surface area contributed by atoms with Crippen molar-refractivity contribution in [2.45, 2.75) is 30.3 Å². The van der Waals surface area contributed by atoms with E-state index >= 15 is 0 Å². The molecule has 3 N–H and O–H groups in total. The molecule has 1 saturated heterocycles. The van der Waals surface area contributed by atoms with Gasteiger partial charge in [-0.15, -0.1) is 0 Å². The van der Waals surface area contributed by atoms with E-state index in [1.807, 2.05) is 0 Å². The van der Waals surface area contributed by atoms with E-state index in [0.29, 0.717) is 12.2 Å². The van der Waals surface area contributed by atoms with Crippen molar-refractivity contribution in [2.75, 3.05) is 18.5 Å². The molecule has 1 aromatic carbocycles. The average molecular weight is 315 g/mol. The first kappa shape index (κ1) is 15.7. The summed E-state index contributed by atoms with van der Waals surface area (Å²) < 4.78 is 28.2. The highest BCUT2D eigenvalue weighted by molar-refractivity contribution is 7.89. The van der Waals surface area contributed by atoms with Gasteiger partial charge in [-0.2, -0.15) is 0 Å². The molecule has 9 heteroatoms. The summed E-state index contributed by atoms with van der Waals surface area (Å²) in [7, 11) is -4.12. The first-order valence-electron chi connectivity index (χ1n) is 6.54. The summed E-state index contributed by atoms with van der Waals surface area (Å²) >= 11 is 0. The van der Waals surface area contributed by atoms with Crippen LogP contribution >= 0.6 is 0 Å². The quantitative estimate of drug-likeness (QED) is 0.622. The SMILES string of the molecule is NS(=O)(=O)c1ccc(NC[C@@H]2CCCCO2)cc1[N+](=O)[O-]. The molecular weight excluding hydrogens is 298 g/mol. The molecule has 1 aliphatic rings. The lowest BCUT2D eigenvalue weighted by molar-refractivity contribution is -0.387. The number of rotatable bonds is 5. The minimum absolute atomic E-state index is 0.0655. The van der Waals surface area contributed by atoms with E-state index in [-0.39, 0.29) is 6.10 Å². The molecule has 2 rings (SSSR count). The standard InChI is InChI=1S/C12H17N3O5S/c13-21(18,19)12-5-4-9(7-11(12)15(16)17)14-8-10-3-1-2-6-20-10/h4-5,7,10,14H,1-3,6,8H2,(H2,13,18,19)/t10-/m0/s1. The maximum atomic E-state index is 11.3. The summed E-state index contributed by atoms with van der Waals surface area (Å²) in [4.78, 5) is 9.70. The molecule has 1 atom stereocenters. The monoisotopic (exact) mass is 315 g/mol. The maximum absolute atomic E-state index is 11.3. The number of nitrogens with one attached hydrogen (secondary N) is 1. The van der Waals surface area contributed by atoms with Crippen molar-refractivity contribution >= 4 is 21.4 Å². The zero-order chi connectivity index (χ0) is 15.5. The third-order valence-electron chi connectivity index (χ3n) is 3.27. The second-order valence-electron chi connectivity index (χ2n) is 4.85. The van der Waals surface area contributed by atoms with Crippen LogP contribution in [0.2, 0.25) is 0 Å². The Labute approximate surface area is 122 Å². The highest BCUT2D eigenvalue weighted by Gasteiger charge is 2.23. The highest BCUT2D eigenvalue weighted by Crippen LogP contribution is 2.26. The molecule has 1 aliphatic heterocycles. The van der Waals surface area contributed by atoms with Crippen LogP contribution in [0.3, 0.4) is 0 Å². The largest absolute Gasteiger partial charge is 0.382 e. The smallest absolute Gasteiger partial charge is 0.291 e. The van der Waals surface area contributed by atoms with Crippen LogP contribution in [-0.4, -0.2) is 32.6 Å². The van der Waals surface area contributed by atoms with E-state index in [4.69, 9.17) is 9.88 Å². The van der Waals surface area contributed by atoms with Crippen molar-refractivity contribution < 1.29 is 18.1 Å². The van der Waals surface area contributed by atoms with Crippen LogP contribution in [0.25, 0.3) is 0 Å². The molecular formula is C12H17N3O5S. The molecule has 0 bridgehead atoms. The molecule has 0 unspecified atom stereocenters. The van der Waals surface area contributed by atoms with Crippen LogP contribution in [0, 0.1) is 10.1 Å². The van der Waals surface area contributed by atoms with Crippen LogP contribution in [0.4, 0.5) is 11.4 Å². The van der Waals surface area contributed by atoms with Gasteiger partial charge in [0.05, 0.1) is 11.0 Å². The number of nitro groups is 1. The van der Waals surface area contributed by atoms with Gasteiger partial charge in [-0.05, 0) is 31.4 Å². The topological polar surface area (TPSA) is 125 Å². The van der Waals surface area contributed by atoms with Gasteiger partial charge in [0.25, 0.3) is 5.69 Å². The number of ether oxygens (including phenoxy) is 1. The number of nitro benzene ring substituents is 1. The summed E-state index contributed by atoms with van der Waals surface area (Å²) in [6.45, 7) is 1.24. The van der Waals surface area contributed by atoms with Crippen LogP contribution in [-0.2, 0) is 14.8 Å². The lowest BCUT2D eigenvalue weighted by atomic mass is 10.1. The number of benzene rings is 1. The van der Waals surface area contributed by atoms with Gasteiger partial charge in [-0.25, -0.2) is 13.6 Å². The lowest BCUT2D eigenvalue weighted by Gasteiger charge is -2.23. The van der Waals surface area contributed by atoms with Gasteiger partial charge in [0.1, 0.15) is 0 Å². The molecule has 0 saturated carbocycles. The van der Waals surface area contributed by atoms with Gasteiger partial charge in [-0.1, -0.05) is 0 Å². The number of hydrogen-bond donors (Lipinski definition) is 2. The van der Waals surface area contributed by atoms with Crippen molar-refractivity contribution in [3.05, 3.63) is 28.3 Å². The number of primary sulfonamides is 1. The van der Waals surface area contributed by atoms with E-state index in [0.717, 1.165) is 31.9 Å². The molecule has 21 heavy (non-hydrogen) atoms. The summed E-state index contributed by atoms with van der Waals surface area (Å²) in [5.74, 6) is 0. The molecule has 1 fully saturated rings. The molecule has 116 valence electrons. The fraction of sp³-hybridized carbons (Fsp3) is 0.500. The van der Waals surface area contributed by atoms with Crippen LogP contribution in [0.5, 0.6) is 0 Å². The first-order valence-corrected chi connectivity index (χ1v) is 8.09. The minimum atomic E-state index is -4.12. The highest BCUT2D eigenvalue weighted by atomic mass is 32.2. The summed E-state index contributed by atoms with van der Waals surface area (Å²) in [6.07, 6.45) is 3.14. The van der Waals surface area contributed by atoms with Gasteiger partial charge in [0.15, 0.2) is 4.90 Å². The van der Waals surface area contributed by atoms with Crippen molar-refractivity contribution in [1.82, 2.24) is 0 Å². The van der Waals surface area contributed by atoms with Crippen molar-refractivity contribution in [1.29, 1.82) is 0 Å². The number of hydrogen-bond acceptors (Lipinski definition) is 6. The average Bonchev–Trinajstić information content (AvgIpc) is 2.45. The number of sulfonamides is 1. The van der Waals surface area contributed by atoms with Gasteiger partial charge in [0.2, 0.25) is 10.0 Å². The third kappa shape index (κ3) is 4.13. The van der Waals surface area contributed by atoms with Crippen molar-refractivity contribution in [3.63, 3.8) is 0 Å². The van der Waals surface area contributed by atoms with Crippen molar-refractivity contribution in [2.24, 2.45) is 5.14 Å². The molecule has 1 aromatic rings. The van der Waals surface area contributed by atoms with Crippen LogP contribution < -0.4 is 10.5 Å². The molecule has 0 radical (unpaired) electrons. The maximum Gasteiger partial charge on any atom is 0.291 e. The Kier molecular flexibility index (Phi) is 4.76. The Morgan fingerprint density at radius 2 is 2.19 bits per heavy atom. The van der Waals surface area contributed by atoms with Crippen LogP contribution in [0.15, 0.2) is 23.1 Å². The predicted octanol–water partition coefficient (Wildman–Crippen LogP) is 1.22. The Hall–Kier alpha value is -1.71. The Bertz CT molecular complexity index is 626. The fourth-order valence-corrected chi connectivity index (χ4v) is 2.89. The predicted molar refractivity (Wildman–Crippen MR) is 76.6 cm³/mol.